The highest BCUT2D eigenvalue weighted by Gasteiger charge is 2.37. The Kier molecular flexibility index (Phi) is 6.96. The van der Waals surface area contributed by atoms with E-state index >= 15 is 0 Å². The van der Waals surface area contributed by atoms with E-state index in [-0.39, 0.29) is 28.5 Å². The van der Waals surface area contributed by atoms with Crippen LogP contribution in [0.25, 0.3) is 0 Å². The van der Waals surface area contributed by atoms with Gasteiger partial charge in [-0.05, 0) is 55.1 Å². The number of amides is 1. The van der Waals surface area contributed by atoms with Crippen LogP contribution in [-0.4, -0.2) is 30.4 Å². The fourth-order valence-corrected chi connectivity index (χ4v) is 4.43. The Labute approximate surface area is 185 Å². The predicted molar refractivity (Wildman–Crippen MR) is 127 cm³/mol. The average molecular weight is 440 g/mol. The monoisotopic (exact) mass is 439 g/mol. The molecule has 1 aromatic heterocycles. The Morgan fingerprint density at radius 2 is 1.94 bits per heavy atom. The summed E-state index contributed by atoms with van der Waals surface area (Å²) < 4.78 is 8.04. The Morgan fingerprint density at radius 3 is 2.58 bits per heavy atom. The van der Waals surface area contributed by atoms with Gasteiger partial charge in [-0.25, -0.2) is 4.79 Å². The predicted octanol–water partition coefficient (Wildman–Crippen LogP) is 5.02. The number of carbonyl (C=O) groups excluding carboxylic acids is 1. The fourth-order valence-electron chi connectivity index (χ4n) is 3.34. The van der Waals surface area contributed by atoms with Crippen LogP contribution in [0.15, 0.2) is 59.5 Å². The lowest BCUT2D eigenvalue weighted by molar-refractivity contribution is 0.102. The minimum Gasteiger partial charge on any atom is -0.417 e. The summed E-state index contributed by atoms with van der Waals surface area (Å²) in [4.78, 5) is 29.0. The fraction of sp³-hybridized carbons (Fsp3) is 0.458. The second-order valence-corrected chi connectivity index (χ2v) is 14.5. The second-order valence-electron chi connectivity index (χ2n) is 9.73. The van der Waals surface area contributed by atoms with Crippen LogP contribution in [0.2, 0.25) is 18.1 Å². The van der Waals surface area contributed by atoms with Crippen LogP contribution in [0.5, 0.6) is 0 Å². The first-order chi connectivity index (χ1) is 14.6. The lowest BCUT2D eigenvalue weighted by atomic mass is 9.91. The van der Waals surface area contributed by atoms with Gasteiger partial charge in [0.15, 0.2) is 8.32 Å². The van der Waals surface area contributed by atoms with Gasteiger partial charge in [-0.15, -0.1) is 0 Å². The Hall–Kier alpha value is -2.51. The van der Waals surface area contributed by atoms with Gasteiger partial charge in [0, 0.05) is 18.4 Å². The van der Waals surface area contributed by atoms with Crippen molar-refractivity contribution >= 4 is 20.0 Å². The van der Waals surface area contributed by atoms with Gasteiger partial charge >= 0.3 is 5.69 Å². The normalized spacial score (nSPS) is 19.3. The summed E-state index contributed by atoms with van der Waals surface area (Å²) in [5.41, 5.74) is 0.153. The molecule has 1 aliphatic carbocycles. The van der Waals surface area contributed by atoms with Crippen LogP contribution in [0.1, 0.15) is 50.0 Å². The first kappa shape index (κ1) is 23.2. The number of aromatic nitrogens is 2. The summed E-state index contributed by atoms with van der Waals surface area (Å²) in [7, 11) is -1.80. The van der Waals surface area contributed by atoms with Crippen LogP contribution < -0.4 is 11.0 Å². The van der Waals surface area contributed by atoms with Gasteiger partial charge in [0.2, 0.25) is 0 Å². The number of benzene rings is 1. The molecule has 7 heteroatoms. The third-order valence-corrected chi connectivity index (χ3v) is 10.9. The molecule has 1 aliphatic rings. The van der Waals surface area contributed by atoms with Crippen LogP contribution in [0, 0.1) is 5.92 Å². The average Bonchev–Trinajstić information content (AvgIpc) is 2.72. The molecule has 31 heavy (non-hydrogen) atoms. The van der Waals surface area contributed by atoms with Crippen molar-refractivity contribution in [2.24, 2.45) is 5.92 Å². The van der Waals surface area contributed by atoms with E-state index in [1.54, 1.807) is 41.1 Å². The second kappa shape index (κ2) is 9.32. The highest BCUT2D eigenvalue weighted by atomic mass is 28.4. The molecule has 1 N–H and O–H groups in total. The smallest absolute Gasteiger partial charge is 0.350 e. The van der Waals surface area contributed by atoms with Crippen LogP contribution >= 0.6 is 0 Å². The third-order valence-electron chi connectivity index (χ3n) is 6.35. The van der Waals surface area contributed by atoms with E-state index in [0.29, 0.717) is 18.1 Å². The molecule has 1 amide bonds. The van der Waals surface area contributed by atoms with E-state index < -0.39 is 8.32 Å². The van der Waals surface area contributed by atoms with E-state index in [1.165, 1.54) is 0 Å². The van der Waals surface area contributed by atoms with E-state index in [2.05, 4.69) is 56.3 Å². The largest absolute Gasteiger partial charge is 0.417 e. The van der Waals surface area contributed by atoms with Gasteiger partial charge in [-0.1, -0.05) is 51.1 Å². The Balaban J connectivity index is 1.65. The summed E-state index contributed by atoms with van der Waals surface area (Å²) in [6.07, 6.45) is 7.70. The number of nitrogens with zero attached hydrogens (tertiary/aromatic N) is 2. The first-order valence-electron chi connectivity index (χ1n) is 10.8. The van der Waals surface area contributed by atoms with Crippen molar-refractivity contribution in [3.63, 3.8) is 0 Å². The SMILES string of the molecule is CC(C)(C)[Si](C)(C)OC[C@H]1CC=C[C@@H](n2ccc(NC(=O)c3ccccc3)nc2=O)C1. The molecule has 0 spiro atoms. The van der Waals surface area contributed by atoms with Crippen LogP contribution in [0.4, 0.5) is 5.82 Å². The highest BCUT2D eigenvalue weighted by Crippen LogP contribution is 2.37. The number of rotatable bonds is 6. The molecule has 0 aliphatic heterocycles. The van der Waals surface area contributed by atoms with E-state index in [9.17, 15) is 9.59 Å². The molecular formula is C24H33N3O3Si. The molecule has 0 saturated carbocycles. The Bertz CT molecular complexity index is 993. The van der Waals surface area contributed by atoms with Crippen molar-refractivity contribution in [1.29, 1.82) is 0 Å². The molecule has 3 rings (SSSR count). The molecule has 6 nitrogen and oxygen atoms in total. The summed E-state index contributed by atoms with van der Waals surface area (Å²) in [5.74, 6) is 0.340. The molecule has 2 atom stereocenters. The molecule has 0 fully saturated rings. The molecule has 0 radical (unpaired) electrons. The zero-order valence-electron chi connectivity index (χ0n) is 19.1. The number of hydrogen-bond acceptors (Lipinski definition) is 4. The molecule has 0 unspecified atom stereocenters. The maximum atomic E-state index is 12.7. The van der Waals surface area contributed by atoms with E-state index in [0.717, 1.165) is 12.8 Å². The maximum Gasteiger partial charge on any atom is 0.350 e. The van der Waals surface area contributed by atoms with Gasteiger partial charge in [0.05, 0.1) is 6.04 Å². The van der Waals surface area contributed by atoms with Gasteiger partial charge in [-0.2, -0.15) is 4.98 Å². The quantitative estimate of drug-likeness (QED) is 0.506. The van der Waals surface area contributed by atoms with Crippen molar-refractivity contribution in [3.05, 3.63) is 70.8 Å². The number of allylic oxidation sites excluding steroid dienone is 2. The summed E-state index contributed by atoms with van der Waals surface area (Å²) in [6.45, 7) is 12.0. The molecule has 0 bridgehead atoms. The topological polar surface area (TPSA) is 73.2 Å². The van der Waals surface area contributed by atoms with Crippen LogP contribution in [-0.2, 0) is 4.43 Å². The van der Waals surface area contributed by atoms with Crippen molar-refractivity contribution < 1.29 is 9.22 Å². The van der Waals surface area contributed by atoms with E-state index in [1.807, 2.05) is 6.07 Å². The zero-order chi connectivity index (χ0) is 22.6. The van der Waals surface area contributed by atoms with Crippen molar-refractivity contribution in [2.75, 3.05) is 11.9 Å². The van der Waals surface area contributed by atoms with Gasteiger partial charge < -0.3 is 9.74 Å². The van der Waals surface area contributed by atoms with Gasteiger partial charge in [0.25, 0.3) is 5.91 Å². The number of carbonyl (C=O) groups is 1. The molecule has 1 aromatic carbocycles. The molecule has 2 aromatic rings. The van der Waals surface area contributed by atoms with Gasteiger partial charge in [-0.3, -0.25) is 9.36 Å². The number of hydrogen-bond donors (Lipinski definition) is 1. The van der Waals surface area contributed by atoms with Crippen molar-refractivity contribution in [3.8, 4) is 0 Å². The van der Waals surface area contributed by atoms with Crippen molar-refractivity contribution in [2.45, 2.75) is 57.8 Å². The third kappa shape index (κ3) is 5.80. The maximum absolute atomic E-state index is 12.7. The molecular weight excluding hydrogens is 406 g/mol. The summed E-state index contributed by atoms with van der Waals surface area (Å²) in [6, 6.07) is 10.5. The lowest BCUT2D eigenvalue weighted by Gasteiger charge is -2.38. The number of nitrogens with one attached hydrogen (secondary N) is 1. The molecule has 1 heterocycles. The first-order valence-corrected chi connectivity index (χ1v) is 13.7. The molecule has 0 saturated heterocycles. The Morgan fingerprint density at radius 1 is 1.23 bits per heavy atom. The molecule has 166 valence electrons. The highest BCUT2D eigenvalue weighted by molar-refractivity contribution is 6.74. The van der Waals surface area contributed by atoms with Gasteiger partial charge in [0.1, 0.15) is 5.82 Å². The summed E-state index contributed by atoms with van der Waals surface area (Å²) in [5, 5.41) is 2.87. The van der Waals surface area contributed by atoms with Crippen molar-refractivity contribution in [1.82, 2.24) is 9.55 Å². The van der Waals surface area contributed by atoms with E-state index in [4.69, 9.17) is 4.43 Å². The van der Waals surface area contributed by atoms with Crippen LogP contribution in [0.3, 0.4) is 0 Å². The standard InChI is InChI=1S/C24H33N3O3Si/c1-24(2,3)31(4,5)30-17-18-10-9-13-20(16-18)27-15-14-21(26-23(27)29)25-22(28)19-11-7-6-8-12-19/h6-9,11-15,18,20H,10,16-17H2,1-5H3,(H,25,26,28,29)/t18-,20+/m0/s1. The zero-order valence-corrected chi connectivity index (χ0v) is 20.1. The minimum absolute atomic E-state index is 0.0550. The lowest BCUT2D eigenvalue weighted by Crippen LogP contribution is -2.42. The number of anilines is 1. The summed E-state index contributed by atoms with van der Waals surface area (Å²) >= 11 is 0. The minimum atomic E-state index is -1.80.